The molecule has 1 amide bonds. The highest BCUT2D eigenvalue weighted by molar-refractivity contribution is 7.99. The number of aromatic nitrogens is 2. The minimum atomic E-state index is -0.437. The summed E-state index contributed by atoms with van der Waals surface area (Å²) in [5.74, 6) is 0.319. The molecule has 0 radical (unpaired) electrons. The van der Waals surface area contributed by atoms with Crippen molar-refractivity contribution in [3.05, 3.63) is 45.0 Å². The molecule has 0 saturated carbocycles. The molecular formula is C16H15N3O3S2. The van der Waals surface area contributed by atoms with E-state index in [0.717, 1.165) is 35.0 Å². The summed E-state index contributed by atoms with van der Waals surface area (Å²) in [5, 5.41) is 1.23. The molecule has 0 bridgehead atoms. The van der Waals surface area contributed by atoms with Crippen LogP contribution >= 0.6 is 23.1 Å². The van der Waals surface area contributed by atoms with Crippen molar-refractivity contribution in [1.29, 1.82) is 0 Å². The third-order valence-corrected chi connectivity index (χ3v) is 6.21. The van der Waals surface area contributed by atoms with Crippen molar-refractivity contribution in [1.82, 2.24) is 9.55 Å². The summed E-state index contributed by atoms with van der Waals surface area (Å²) < 4.78 is 6.96. The summed E-state index contributed by atoms with van der Waals surface area (Å²) in [4.78, 5) is 30.9. The number of amides is 1. The fourth-order valence-corrected chi connectivity index (χ4v) is 5.04. The molecule has 0 aliphatic heterocycles. The topological polar surface area (TPSA) is 91.1 Å². The van der Waals surface area contributed by atoms with Crippen LogP contribution in [-0.4, -0.2) is 21.2 Å². The van der Waals surface area contributed by atoms with Crippen LogP contribution in [0.3, 0.4) is 0 Å². The zero-order valence-electron chi connectivity index (χ0n) is 12.8. The number of aryl methyl sites for hydroxylation is 2. The summed E-state index contributed by atoms with van der Waals surface area (Å²) in [6, 6.07) is 3.60. The van der Waals surface area contributed by atoms with Gasteiger partial charge < -0.3 is 10.2 Å². The number of hydrogen-bond donors (Lipinski definition) is 1. The quantitative estimate of drug-likeness (QED) is 0.555. The van der Waals surface area contributed by atoms with Crippen LogP contribution in [0.25, 0.3) is 10.2 Å². The number of furan rings is 1. The summed E-state index contributed by atoms with van der Waals surface area (Å²) in [6.07, 6.45) is 4.61. The van der Waals surface area contributed by atoms with Gasteiger partial charge in [0.1, 0.15) is 10.6 Å². The summed E-state index contributed by atoms with van der Waals surface area (Å²) in [6.45, 7) is 0.292. The molecule has 6 nitrogen and oxygen atoms in total. The maximum absolute atomic E-state index is 13.1. The van der Waals surface area contributed by atoms with E-state index >= 15 is 0 Å². The minimum Gasteiger partial charge on any atom is -0.467 e. The van der Waals surface area contributed by atoms with E-state index < -0.39 is 5.91 Å². The number of carbonyl (C=O) groups excluding carboxylic acids is 1. The molecule has 0 spiro atoms. The molecule has 24 heavy (non-hydrogen) atoms. The predicted octanol–water partition coefficient (Wildman–Crippen LogP) is 2.17. The second-order valence-corrected chi connectivity index (χ2v) is 7.68. The molecule has 3 aromatic rings. The minimum absolute atomic E-state index is 0.0669. The summed E-state index contributed by atoms with van der Waals surface area (Å²) in [5.41, 5.74) is 6.32. The number of primary amides is 1. The van der Waals surface area contributed by atoms with Gasteiger partial charge in [-0.3, -0.25) is 14.2 Å². The first kappa shape index (κ1) is 15.5. The van der Waals surface area contributed by atoms with Gasteiger partial charge in [0, 0.05) is 4.88 Å². The molecule has 0 saturated heterocycles. The van der Waals surface area contributed by atoms with Crippen molar-refractivity contribution >= 4 is 39.2 Å². The van der Waals surface area contributed by atoms with Crippen molar-refractivity contribution in [2.75, 3.05) is 5.75 Å². The number of rotatable bonds is 5. The Bertz CT molecular complexity index is 973. The van der Waals surface area contributed by atoms with Gasteiger partial charge in [-0.1, -0.05) is 11.8 Å². The largest absolute Gasteiger partial charge is 0.467 e. The fourth-order valence-electron chi connectivity index (χ4n) is 3.00. The lowest BCUT2D eigenvalue weighted by Gasteiger charge is -2.10. The van der Waals surface area contributed by atoms with E-state index in [1.54, 1.807) is 28.2 Å². The number of thiophene rings is 1. The number of nitrogens with zero attached hydrogens (tertiary/aromatic N) is 2. The monoisotopic (exact) mass is 361 g/mol. The van der Waals surface area contributed by atoms with Crippen molar-refractivity contribution in [3.8, 4) is 0 Å². The lowest BCUT2D eigenvalue weighted by Crippen LogP contribution is -2.24. The molecule has 1 aliphatic rings. The molecule has 0 unspecified atom stereocenters. The van der Waals surface area contributed by atoms with E-state index in [4.69, 9.17) is 10.2 Å². The molecule has 3 aromatic heterocycles. The standard InChI is InChI=1S/C16H15N3O3S2/c17-12(20)8-23-16-18-14-13(10-4-1-5-11(10)24-14)15(21)19(16)7-9-3-2-6-22-9/h2-3,6H,1,4-5,7-8H2,(H2,17,20). The van der Waals surface area contributed by atoms with Gasteiger partial charge in [-0.2, -0.15) is 0 Å². The third kappa shape index (κ3) is 2.65. The van der Waals surface area contributed by atoms with Crippen LogP contribution in [-0.2, 0) is 24.2 Å². The Labute approximate surface area is 145 Å². The van der Waals surface area contributed by atoms with E-state index in [-0.39, 0.29) is 11.3 Å². The average Bonchev–Trinajstić information content (AvgIpc) is 3.24. The Morgan fingerprint density at radius 3 is 3.08 bits per heavy atom. The van der Waals surface area contributed by atoms with Crippen LogP contribution in [0.15, 0.2) is 32.8 Å². The van der Waals surface area contributed by atoms with Crippen molar-refractivity contribution < 1.29 is 9.21 Å². The molecule has 0 aromatic carbocycles. The fraction of sp³-hybridized carbons (Fsp3) is 0.312. The van der Waals surface area contributed by atoms with E-state index in [1.165, 1.54) is 16.6 Å². The van der Waals surface area contributed by atoms with E-state index in [1.807, 2.05) is 6.07 Å². The molecule has 124 valence electrons. The maximum Gasteiger partial charge on any atom is 0.263 e. The Hall–Kier alpha value is -2.06. The first-order valence-corrected chi connectivity index (χ1v) is 9.42. The highest BCUT2D eigenvalue weighted by Crippen LogP contribution is 2.35. The van der Waals surface area contributed by atoms with Gasteiger partial charge in [0.15, 0.2) is 5.16 Å². The van der Waals surface area contributed by atoms with Crippen molar-refractivity contribution in [2.24, 2.45) is 5.73 Å². The Morgan fingerprint density at radius 1 is 1.46 bits per heavy atom. The lowest BCUT2D eigenvalue weighted by atomic mass is 10.2. The van der Waals surface area contributed by atoms with Gasteiger partial charge in [-0.15, -0.1) is 11.3 Å². The molecule has 2 N–H and O–H groups in total. The van der Waals surface area contributed by atoms with Crippen LogP contribution in [0.4, 0.5) is 0 Å². The van der Waals surface area contributed by atoms with Gasteiger partial charge in [-0.05, 0) is 37.0 Å². The first-order chi connectivity index (χ1) is 11.6. The van der Waals surface area contributed by atoms with E-state index in [0.29, 0.717) is 17.5 Å². The van der Waals surface area contributed by atoms with Crippen LogP contribution in [0.2, 0.25) is 0 Å². The molecule has 4 rings (SSSR count). The number of carbonyl (C=O) groups is 1. The molecule has 3 heterocycles. The molecular weight excluding hydrogens is 346 g/mol. The molecule has 1 aliphatic carbocycles. The summed E-state index contributed by atoms with van der Waals surface area (Å²) in [7, 11) is 0. The Morgan fingerprint density at radius 2 is 2.33 bits per heavy atom. The van der Waals surface area contributed by atoms with Gasteiger partial charge in [0.05, 0.1) is 23.9 Å². The van der Waals surface area contributed by atoms with Gasteiger partial charge in [0.25, 0.3) is 5.56 Å². The van der Waals surface area contributed by atoms with Gasteiger partial charge in [0.2, 0.25) is 5.91 Å². The zero-order chi connectivity index (χ0) is 16.7. The predicted molar refractivity (Wildman–Crippen MR) is 93.6 cm³/mol. The zero-order valence-corrected chi connectivity index (χ0v) is 14.4. The second kappa shape index (κ2) is 6.10. The maximum atomic E-state index is 13.1. The first-order valence-electron chi connectivity index (χ1n) is 7.62. The lowest BCUT2D eigenvalue weighted by molar-refractivity contribution is -0.115. The number of fused-ring (bicyclic) bond motifs is 3. The average molecular weight is 361 g/mol. The van der Waals surface area contributed by atoms with Gasteiger partial charge in [-0.25, -0.2) is 4.98 Å². The highest BCUT2D eigenvalue weighted by atomic mass is 32.2. The second-order valence-electron chi connectivity index (χ2n) is 5.66. The number of nitrogens with two attached hydrogens (primary N) is 1. The molecule has 0 atom stereocenters. The molecule has 0 fully saturated rings. The molecule has 8 heteroatoms. The number of hydrogen-bond acceptors (Lipinski definition) is 6. The number of thioether (sulfide) groups is 1. The van der Waals surface area contributed by atoms with Crippen LogP contribution < -0.4 is 11.3 Å². The Balaban J connectivity index is 1.87. The highest BCUT2D eigenvalue weighted by Gasteiger charge is 2.23. The smallest absolute Gasteiger partial charge is 0.263 e. The summed E-state index contributed by atoms with van der Waals surface area (Å²) >= 11 is 2.78. The van der Waals surface area contributed by atoms with Crippen LogP contribution in [0, 0.1) is 0 Å². The normalized spacial score (nSPS) is 13.5. The van der Waals surface area contributed by atoms with Crippen molar-refractivity contribution in [2.45, 2.75) is 31.0 Å². The van der Waals surface area contributed by atoms with E-state index in [2.05, 4.69) is 4.98 Å². The van der Waals surface area contributed by atoms with Crippen molar-refractivity contribution in [3.63, 3.8) is 0 Å². The SMILES string of the molecule is NC(=O)CSc1nc2sc3c(c2c(=O)n1Cc1ccco1)CCC3. The third-order valence-electron chi connectivity index (χ3n) is 4.03. The van der Waals surface area contributed by atoms with Crippen LogP contribution in [0.5, 0.6) is 0 Å². The Kier molecular flexibility index (Phi) is 3.93. The van der Waals surface area contributed by atoms with Gasteiger partial charge >= 0.3 is 0 Å². The van der Waals surface area contributed by atoms with Crippen LogP contribution in [0.1, 0.15) is 22.6 Å². The van der Waals surface area contributed by atoms with E-state index in [9.17, 15) is 9.59 Å².